The minimum atomic E-state index is -4.01. The molecule has 0 saturated carbocycles. The van der Waals surface area contributed by atoms with Gasteiger partial charge in [0.1, 0.15) is 6.04 Å². The number of hydrogen-bond donors (Lipinski definition) is 0. The highest BCUT2D eigenvalue weighted by atomic mass is 32.2. The molecular weight excluding hydrogens is 394 g/mol. The summed E-state index contributed by atoms with van der Waals surface area (Å²) in [4.78, 5) is 12.5. The van der Waals surface area contributed by atoms with Gasteiger partial charge in [-0.1, -0.05) is 44.4 Å². The Hall–Kier alpha value is -1.66. The Morgan fingerprint density at radius 2 is 1.79 bits per heavy atom. The normalized spacial score (nSPS) is 13.8. The standard InChI is InChI=1S/C20H31NO5SSi/c1-9-14-21(27(23,24)17-12-10-16(2)11-13-17)18(19(22)25-6)15-26-28(7,8)20(3,4)5/h1,10-13,18H,14-15H2,2-8H3/t18-/m1/s1. The third kappa shape index (κ3) is 5.67. The predicted molar refractivity (Wildman–Crippen MR) is 113 cm³/mol. The lowest BCUT2D eigenvalue weighted by atomic mass is 10.2. The Balaban J connectivity index is 3.32. The second kappa shape index (κ2) is 9.22. The molecule has 0 saturated heterocycles. The first-order valence-corrected chi connectivity index (χ1v) is 13.4. The summed E-state index contributed by atoms with van der Waals surface area (Å²) in [5, 5.41) is -0.0968. The van der Waals surface area contributed by atoms with E-state index in [1.54, 1.807) is 12.1 Å². The van der Waals surface area contributed by atoms with Crippen molar-refractivity contribution in [3.8, 4) is 12.3 Å². The van der Waals surface area contributed by atoms with Gasteiger partial charge in [-0.2, -0.15) is 4.31 Å². The van der Waals surface area contributed by atoms with Crippen LogP contribution in [0, 0.1) is 19.3 Å². The van der Waals surface area contributed by atoms with Crippen molar-refractivity contribution in [1.29, 1.82) is 0 Å². The molecule has 0 amide bonds. The summed E-state index contributed by atoms with van der Waals surface area (Å²) < 4.78 is 38.4. The molecule has 0 radical (unpaired) electrons. The Labute approximate surface area is 170 Å². The SMILES string of the molecule is C#CCN([C@H](CO[Si](C)(C)C(C)(C)C)C(=O)OC)S(=O)(=O)c1ccc(C)cc1. The molecule has 1 atom stereocenters. The molecule has 0 aliphatic heterocycles. The number of carbonyl (C=O) groups is 1. The van der Waals surface area contributed by atoms with Crippen molar-refractivity contribution in [2.45, 2.75) is 56.8 Å². The summed E-state index contributed by atoms with van der Waals surface area (Å²) in [5.41, 5.74) is 0.924. The number of ether oxygens (including phenoxy) is 1. The van der Waals surface area contributed by atoms with Crippen LogP contribution in [0.2, 0.25) is 18.1 Å². The van der Waals surface area contributed by atoms with E-state index >= 15 is 0 Å². The van der Waals surface area contributed by atoms with Gasteiger partial charge in [-0.25, -0.2) is 8.42 Å². The number of rotatable bonds is 8. The highest BCUT2D eigenvalue weighted by Crippen LogP contribution is 2.36. The average Bonchev–Trinajstić information content (AvgIpc) is 2.59. The molecule has 0 heterocycles. The summed E-state index contributed by atoms with van der Waals surface area (Å²) in [7, 11) is -5.02. The second-order valence-corrected chi connectivity index (χ2v) is 14.9. The van der Waals surface area contributed by atoms with Crippen LogP contribution in [0.3, 0.4) is 0 Å². The smallest absolute Gasteiger partial charge is 0.326 e. The van der Waals surface area contributed by atoms with Gasteiger partial charge < -0.3 is 9.16 Å². The molecule has 156 valence electrons. The highest BCUT2D eigenvalue weighted by Gasteiger charge is 2.41. The molecule has 28 heavy (non-hydrogen) atoms. The van der Waals surface area contributed by atoms with Crippen molar-refractivity contribution < 1.29 is 22.4 Å². The van der Waals surface area contributed by atoms with Gasteiger partial charge in [-0.15, -0.1) is 6.42 Å². The fourth-order valence-corrected chi connectivity index (χ4v) is 4.69. The minimum absolute atomic E-state index is 0.0644. The topological polar surface area (TPSA) is 72.9 Å². The third-order valence-corrected chi connectivity index (χ3v) is 11.5. The largest absolute Gasteiger partial charge is 0.468 e. The van der Waals surface area contributed by atoms with Crippen LogP contribution in [0.1, 0.15) is 26.3 Å². The van der Waals surface area contributed by atoms with Crippen LogP contribution in [-0.2, 0) is 24.0 Å². The molecule has 0 bridgehead atoms. The average molecular weight is 426 g/mol. The Morgan fingerprint density at radius 1 is 1.25 bits per heavy atom. The lowest BCUT2D eigenvalue weighted by Crippen LogP contribution is -2.51. The van der Waals surface area contributed by atoms with E-state index in [1.165, 1.54) is 19.2 Å². The number of aryl methyl sites for hydroxylation is 1. The Kier molecular flexibility index (Phi) is 8.03. The van der Waals surface area contributed by atoms with Crippen LogP contribution in [0.4, 0.5) is 0 Å². The summed E-state index contributed by atoms with van der Waals surface area (Å²) >= 11 is 0. The third-order valence-electron chi connectivity index (χ3n) is 5.10. The number of terminal acetylenes is 1. The zero-order chi connectivity index (χ0) is 21.8. The lowest BCUT2D eigenvalue weighted by Gasteiger charge is -2.38. The van der Waals surface area contributed by atoms with Crippen molar-refractivity contribution in [3.05, 3.63) is 29.8 Å². The van der Waals surface area contributed by atoms with E-state index in [4.69, 9.17) is 15.6 Å². The van der Waals surface area contributed by atoms with Gasteiger partial charge in [0, 0.05) is 0 Å². The van der Waals surface area contributed by atoms with Crippen LogP contribution >= 0.6 is 0 Å². The first-order chi connectivity index (χ1) is 12.8. The number of nitrogens with zero attached hydrogens (tertiary/aromatic N) is 1. The van der Waals surface area contributed by atoms with Crippen molar-refractivity contribution in [2.24, 2.45) is 0 Å². The van der Waals surface area contributed by atoms with E-state index in [9.17, 15) is 13.2 Å². The van der Waals surface area contributed by atoms with Crippen LogP contribution in [-0.4, -0.2) is 53.3 Å². The molecule has 6 nitrogen and oxygen atoms in total. The molecule has 0 unspecified atom stereocenters. The molecule has 0 spiro atoms. The van der Waals surface area contributed by atoms with Gasteiger partial charge >= 0.3 is 5.97 Å². The number of carbonyl (C=O) groups excluding carboxylic acids is 1. The maximum atomic E-state index is 13.2. The van der Waals surface area contributed by atoms with E-state index in [2.05, 4.69) is 26.7 Å². The molecule has 0 aromatic heterocycles. The molecule has 1 aromatic rings. The van der Waals surface area contributed by atoms with E-state index in [-0.39, 0.29) is 23.1 Å². The first kappa shape index (κ1) is 24.4. The van der Waals surface area contributed by atoms with Gasteiger partial charge in [-0.3, -0.25) is 4.79 Å². The van der Waals surface area contributed by atoms with E-state index < -0.39 is 30.4 Å². The number of benzene rings is 1. The van der Waals surface area contributed by atoms with E-state index in [0.717, 1.165) is 9.87 Å². The van der Waals surface area contributed by atoms with Gasteiger partial charge in [0.05, 0.1) is 25.2 Å². The molecule has 8 heteroatoms. The molecule has 0 aliphatic carbocycles. The number of hydrogen-bond acceptors (Lipinski definition) is 5. The maximum absolute atomic E-state index is 13.2. The van der Waals surface area contributed by atoms with Crippen molar-refractivity contribution in [3.63, 3.8) is 0 Å². The van der Waals surface area contributed by atoms with Crippen LogP contribution < -0.4 is 0 Å². The summed E-state index contributed by atoms with van der Waals surface area (Å²) in [6.07, 6.45) is 5.42. The molecule has 1 aromatic carbocycles. The molecule has 0 fully saturated rings. The fraction of sp³-hybridized carbons (Fsp3) is 0.550. The highest BCUT2D eigenvalue weighted by molar-refractivity contribution is 7.89. The zero-order valence-corrected chi connectivity index (χ0v) is 19.6. The van der Waals surface area contributed by atoms with Crippen molar-refractivity contribution >= 4 is 24.3 Å². The second-order valence-electron chi connectivity index (χ2n) is 8.18. The van der Waals surface area contributed by atoms with Gasteiger partial charge in [-0.05, 0) is 37.2 Å². The number of methoxy groups -OCH3 is 1. The van der Waals surface area contributed by atoms with E-state index in [0.29, 0.717) is 0 Å². The van der Waals surface area contributed by atoms with Crippen LogP contribution in [0.5, 0.6) is 0 Å². The van der Waals surface area contributed by atoms with Gasteiger partial charge in [0.2, 0.25) is 10.0 Å². The number of esters is 1. The summed E-state index contributed by atoms with van der Waals surface area (Å²) in [5.74, 6) is 1.63. The molecular formula is C20H31NO5SSi. The molecule has 1 rings (SSSR count). The minimum Gasteiger partial charge on any atom is -0.468 e. The number of sulfonamides is 1. The quantitative estimate of drug-likeness (QED) is 0.363. The lowest BCUT2D eigenvalue weighted by molar-refractivity contribution is -0.146. The first-order valence-electron chi connectivity index (χ1n) is 9.01. The monoisotopic (exact) mass is 425 g/mol. The fourth-order valence-electron chi connectivity index (χ4n) is 2.21. The Morgan fingerprint density at radius 3 is 2.21 bits per heavy atom. The molecule has 0 aliphatic rings. The molecule has 0 N–H and O–H groups in total. The van der Waals surface area contributed by atoms with Gasteiger partial charge in [0.15, 0.2) is 8.32 Å². The zero-order valence-electron chi connectivity index (χ0n) is 17.8. The summed E-state index contributed by atoms with van der Waals surface area (Å²) in [6, 6.07) is 5.22. The maximum Gasteiger partial charge on any atom is 0.326 e. The van der Waals surface area contributed by atoms with Crippen molar-refractivity contribution in [2.75, 3.05) is 20.3 Å². The van der Waals surface area contributed by atoms with Crippen LogP contribution in [0.15, 0.2) is 29.2 Å². The van der Waals surface area contributed by atoms with Crippen molar-refractivity contribution in [1.82, 2.24) is 4.31 Å². The van der Waals surface area contributed by atoms with Gasteiger partial charge in [0.25, 0.3) is 0 Å². The van der Waals surface area contributed by atoms with Crippen LogP contribution in [0.25, 0.3) is 0 Å². The Bertz CT molecular complexity index is 820. The van der Waals surface area contributed by atoms with E-state index in [1.807, 2.05) is 20.0 Å². The summed E-state index contributed by atoms with van der Waals surface area (Å²) in [6.45, 7) is 11.7. The predicted octanol–water partition coefficient (Wildman–Crippen LogP) is 3.18.